The van der Waals surface area contributed by atoms with Crippen LogP contribution < -0.4 is 0 Å². The van der Waals surface area contributed by atoms with Gasteiger partial charge in [0.1, 0.15) is 16.9 Å². The zero-order valence-electron chi connectivity index (χ0n) is 10.8. The van der Waals surface area contributed by atoms with Gasteiger partial charge in [-0.15, -0.1) is 11.8 Å². The minimum absolute atomic E-state index is 0.174. The molecule has 0 saturated carbocycles. The maximum atomic E-state index is 12.5. The second-order valence-electron chi connectivity index (χ2n) is 4.65. The second-order valence-corrected chi connectivity index (χ2v) is 6.01. The maximum absolute atomic E-state index is 12.5. The smallest absolute Gasteiger partial charge is 0.327 e. The van der Waals surface area contributed by atoms with Crippen LogP contribution in [0.25, 0.3) is 10.8 Å². The summed E-state index contributed by atoms with van der Waals surface area (Å²) in [4.78, 5) is 29.1. The monoisotopic (exact) mass is 322 g/mol. The van der Waals surface area contributed by atoms with Crippen LogP contribution in [-0.2, 0) is 4.79 Å². The summed E-state index contributed by atoms with van der Waals surface area (Å²) in [5.74, 6) is -0.662. The molecule has 108 valence electrons. The lowest BCUT2D eigenvalue weighted by molar-refractivity contribution is -0.140. The third-order valence-corrected chi connectivity index (χ3v) is 4.64. The van der Waals surface area contributed by atoms with Gasteiger partial charge >= 0.3 is 5.97 Å². The van der Waals surface area contributed by atoms with Crippen molar-refractivity contribution in [1.82, 2.24) is 9.88 Å². The van der Waals surface area contributed by atoms with E-state index < -0.39 is 17.9 Å². The van der Waals surface area contributed by atoms with Crippen LogP contribution in [0.4, 0.5) is 0 Å². The van der Waals surface area contributed by atoms with Gasteiger partial charge < -0.3 is 10.0 Å². The van der Waals surface area contributed by atoms with Gasteiger partial charge in [0.2, 0.25) is 0 Å². The number of hydrogen-bond donors (Lipinski definition) is 1. The third kappa shape index (κ3) is 2.56. The molecule has 0 radical (unpaired) electrons. The first-order chi connectivity index (χ1) is 10.1. The van der Waals surface area contributed by atoms with Crippen LogP contribution >= 0.6 is 23.4 Å². The van der Waals surface area contributed by atoms with E-state index in [1.54, 1.807) is 6.07 Å². The molecule has 7 heteroatoms. The summed E-state index contributed by atoms with van der Waals surface area (Å²) in [5, 5.41) is 11.0. The fourth-order valence-electron chi connectivity index (χ4n) is 2.26. The molecule has 3 rings (SSSR count). The molecule has 1 N–H and O–H groups in total. The minimum atomic E-state index is -1.000. The van der Waals surface area contributed by atoms with Crippen LogP contribution in [0.5, 0.6) is 0 Å². The summed E-state index contributed by atoms with van der Waals surface area (Å²) >= 11 is 7.52. The number of amides is 1. The normalized spacial score (nSPS) is 18.1. The van der Waals surface area contributed by atoms with E-state index >= 15 is 0 Å². The number of carboxylic acids is 1. The number of pyridine rings is 1. The Morgan fingerprint density at radius 2 is 2.14 bits per heavy atom. The summed E-state index contributed by atoms with van der Waals surface area (Å²) < 4.78 is 0. The van der Waals surface area contributed by atoms with E-state index in [0.29, 0.717) is 11.6 Å². The molecule has 1 saturated heterocycles. The van der Waals surface area contributed by atoms with E-state index in [4.69, 9.17) is 16.7 Å². The number of aliphatic carboxylic acids is 1. The van der Waals surface area contributed by atoms with E-state index in [1.165, 1.54) is 16.7 Å². The molecule has 0 unspecified atom stereocenters. The number of rotatable bonds is 2. The topological polar surface area (TPSA) is 70.5 Å². The van der Waals surface area contributed by atoms with E-state index in [2.05, 4.69) is 4.98 Å². The predicted molar refractivity (Wildman–Crippen MR) is 81.7 cm³/mol. The van der Waals surface area contributed by atoms with Crippen LogP contribution in [0.3, 0.4) is 0 Å². The van der Waals surface area contributed by atoms with Crippen molar-refractivity contribution in [2.45, 2.75) is 6.04 Å². The molecule has 1 atom stereocenters. The Bertz CT molecular complexity index is 737. The first-order valence-corrected chi connectivity index (χ1v) is 7.78. The van der Waals surface area contributed by atoms with Crippen molar-refractivity contribution in [1.29, 1.82) is 0 Å². The number of aromatic nitrogens is 1. The zero-order valence-corrected chi connectivity index (χ0v) is 12.4. The Hall–Kier alpha value is -1.79. The first-order valence-electron chi connectivity index (χ1n) is 6.25. The number of carbonyl (C=O) groups excluding carboxylic acids is 1. The number of carboxylic acid groups (broad SMARTS) is 1. The zero-order chi connectivity index (χ0) is 15.0. The molecule has 1 fully saturated rings. The number of fused-ring (bicyclic) bond motifs is 1. The molecule has 2 aromatic rings. The van der Waals surface area contributed by atoms with Gasteiger partial charge in [0.05, 0.1) is 5.88 Å². The molecule has 0 spiro atoms. The Morgan fingerprint density at radius 3 is 2.90 bits per heavy atom. The van der Waals surface area contributed by atoms with Crippen molar-refractivity contribution in [2.24, 2.45) is 0 Å². The number of carbonyl (C=O) groups is 2. The maximum Gasteiger partial charge on any atom is 0.327 e. The van der Waals surface area contributed by atoms with Gasteiger partial charge in [0.25, 0.3) is 5.91 Å². The van der Waals surface area contributed by atoms with Crippen molar-refractivity contribution < 1.29 is 14.7 Å². The van der Waals surface area contributed by atoms with Gasteiger partial charge in [-0.2, -0.15) is 0 Å². The molecule has 1 aromatic heterocycles. The summed E-state index contributed by atoms with van der Waals surface area (Å²) in [6.45, 7) is 0. The highest BCUT2D eigenvalue weighted by molar-refractivity contribution is 7.99. The van der Waals surface area contributed by atoms with Gasteiger partial charge in [-0.3, -0.25) is 4.79 Å². The first kappa shape index (κ1) is 14.2. The Balaban J connectivity index is 2.00. The summed E-state index contributed by atoms with van der Waals surface area (Å²) in [5.41, 5.74) is 0.174. The van der Waals surface area contributed by atoms with Crippen molar-refractivity contribution in [3.8, 4) is 0 Å². The fourth-order valence-corrected chi connectivity index (χ4v) is 3.67. The molecule has 21 heavy (non-hydrogen) atoms. The number of benzene rings is 1. The summed E-state index contributed by atoms with van der Waals surface area (Å²) in [7, 11) is 0. The van der Waals surface area contributed by atoms with Gasteiger partial charge in [-0.05, 0) is 11.5 Å². The Labute approximate surface area is 129 Å². The minimum Gasteiger partial charge on any atom is -0.480 e. The molecule has 0 bridgehead atoms. The van der Waals surface area contributed by atoms with E-state index in [1.807, 2.05) is 24.3 Å². The molecule has 0 aliphatic carbocycles. The highest BCUT2D eigenvalue weighted by Crippen LogP contribution is 2.26. The number of nitrogens with zero attached hydrogens (tertiary/aromatic N) is 2. The molecule has 1 aliphatic rings. The molecule has 5 nitrogen and oxygen atoms in total. The van der Waals surface area contributed by atoms with Crippen molar-refractivity contribution >= 4 is 46.0 Å². The second kappa shape index (κ2) is 5.54. The van der Waals surface area contributed by atoms with Crippen molar-refractivity contribution in [3.05, 3.63) is 41.2 Å². The average molecular weight is 323 g/mol. The fraction of sp³-hybridized carbons (Fsp3) is 0.214. The molecule has 1 aliphatic heterocycles. The lowest BCUT2D eigenvalue weighted by atomic mass is 10.1. The van der Waals surface area contributed by atoms with E-state index in [-0.39, 0.29) is 10.8 Å². The summed E-state index contributed by atoms with van der Waals surface area (Å²) in [6.07, 6.45) is 0. The number of halogens is 1. The Morgan fingerprint density at radius 1 is 1.38 bits per heavy atom. The highest BCUT2D eigenvalue weighted by Gasteiger charge is 2.35. The van der Waals surface area contributed by atoms with Gasteiger partial charge in [-0.25, -0.2) is 9.78 Å². The lowest BCUT2D eigenvalue weighted by Crippen LogP contribution is -2.42. The van der Waals surface area contributed by atoms with Crippen LogP contribution in [-0.4, -0.2) is 44.5 Å². The van der Waals surface area contributed by atoms with Crippen molar-refractivity contribution in [3.63, 3.8) is 0 Å². The molecular weight excluding hydrogens is 312 g/mol. The third-order valence-electron chi connectivity index (χ3n) is 3.34. The average Bonchev–Trinajstić information content (AvgIpc) is 2.96. The van der Waals surface area contributed by atoms with Gasteiger partial charge in [0, 0.05) is 11.1 Å². The Kier molecular flexibility index (Phi) is 3.73. The van der Waals surface area contributed by atoms with Gasteiger partial charge in [0.15, 0.2) is 0 Å². The van der Waals surface area contributed by atoms with Gasteiger partial charge in [-0.1, -0.05) is 35.9 Å². The number of thioether (sulfide) groups is 1. The molecule has 1 amide bonds. The SMILES string of the molecule is O=C(O)[C@@H]1CSCN1C(=O)c1cc2ccccc2c(Cl)n1. The largest absolute Gasteiger partial charge is 0.480 e. The quantitative estimate of drug-likeness (QED) is 0.860. The van der Waals surface area contributed by atoms with E-state index in [9.17, 15) is 9.59 Å². The molecule has 2 heterocycles. The lowest BCUT2D eigenvalue weighted by Gasteiger charge is -2.20. The van der Waals surface area contributed by atoms with Crippen LogP contribution in [0.2, 0.25) is 5.15 Å². The standard InChI is InChI=1S/C14H11ClN2O3S/c15-12-9-4-2-1-3-8(9)5-10(16-12)13(18)17-7-21-6-11(17)14(19)20/h1-5,11H,6-7H2,(H,19,20)/t11-/m0/s1. The van der Waals surface area contributed by atoms with Crippen LogP contribution in [0.15, 0.2) is 30.3 Å². The molecular formula is C14H11ClN2O3S. The molecule has 1 aromatic carbocycles. The highest BCUT2D eigenvalue weighted by atomic mass is 35.5. The van der Waals surface area contributed by atoms with Crippen molar-refractivity contribution in [2.75, 3.05) is 11.6 Å². The van der Waals surface area contributed by atoms with Crippen LogP contribution in [0, 0.1) is 0 Å². The summed E-state index contributed by atoms with van der Waals surface area (Å²) in [6, 6.07) is 8.19. The predicted octanol–water partition coefficient (Wildman–Crippen LogP) is 2.49. The van der Waals surface area contributed by atoms with E-state index in [0.717, 1.165) is 10.8 Å². The van der Waals surface area contributed by atoms with Crippen LogP contribution in [0.1, 0.15) is 10.5 Å². The number of hydrogen-bond acceptors (Lipinski definition) is 4.